The van der Waals surface area contributed by atoms with Crippen LogP contribution >= 0.6 is 11.6 Å². The number of benzene rings is 2. The molecule has 0 saturated carbocycles. The van der Waals surface area contributed by atoms with Gasteiger partial charge in [-0.15, -0.1) is 0 Å². The Kier molecular flexibility index (Phi) is 4.81. The van der Waals surface area contributed by atoms with Gasteiger partial charge in [0.1, 0.15) is 5.75 Å². The number of rotatable bonds is 5. The van der Waals surface area contributed by atoms with Crippen molar-refractivity contribution in [2.75, 3.05) is 19.5 Å². The molecule has 0 aliphatic rings. The minimum Gasteiger partial charge on any atom is -0.507 e. The van der Waals surface area contributed by atoms with Crippen LogP contribution in [-0.4, -0.2) is 19.3 Å². The number of phenols is 1. The van der Waals surface area contributed by atoms with Crippen LogP contribution in [0.25, 0.3) is 0 Å². The van der Waals surface area contributed by atoms with E-state index in [4.69, 9.17) is 21.1 Å². The maximum absolute atomic E-state index is 10.0. The van der Waals surface area contributed by atoms with Crippen LogP contribution in [0.4, 0.5) is 5.69 Å². The van der Waals surface area contributed by atoms with Gasteiger partial charge in [-0.1, -0.05) is 29.8 Å². The Morgan fingerprint density at radius 2 is 1.81 bits per heavy atom. The van der Waals surface area contributed by atoms with E-state index in [1.807, 2.05) is 25.1 Å². The van der Waals surface area contributed by atoms with Crippen molar-refractivity contribution in [3.63, 3.8) is 0 Å². The third kappa shape index (κ3) is 3.34. The summed E-state index contributed by atoms with van der Waals surface area (Å²) in [5.41, 5.74) is 2.36. The van der Waals surface area contributed by atoms with Crippen molar-refractivity contribution < 1.29 is 14.6 Å². The highest BCUT2D eigenvalue weighted by Gasteiger charge is 2.10. The first kappa shape index (κ1) is 15.3. The number of nitrogens with one attached hydrogen (secondary N) is 1. The molecule has 2 rings (SSSR count). The number of aromatic hydroxyl groups is 1. The summed E-state index contributed by atoms with van der Waals surface area (Å²) < 4.78 is 10.4. The molecular weight excluding hydrogens is 290 g/mol. The van der Waals surface area contributed by atoms with Gasteiger partial charge in [-0.25, -0.2) is 0 Å². The topological polar surface area (TPSA) is 50.7 Å². The molecule has 2 N–H and O–H groups in total. The first-order valence-electron chi connectivity index (χ1n) is 6.49. The van der Waals surface area contributed by atoms with Crippen molar-refractivity contribution in [2.24, 2.45) is 0 Å². The normalized spacial score (nSPS) is 10.3. The molecule has 0 heterocycles. The van der Waals surface area contributed by atoms with Crippen molar-refractivity contribution in [3.8, 4) is 17.2 Å². The second-order valence-corrected chi connectivity index (χ2v) is 5.03. The average molecular weight is 308 g/mol. The van der Waals surface area contributed by atoms with Gasteiger partial charge in [0.2, 0.25) is 0 Å². The van der Waals surface area contributed by atoms with Crippen LogP contribution in [-0.2, 0) is 6.54 Å². The summed E-state index contributed by atoms with van der Waals surface area (Å²) in [6.07, 6.45) is 0. The van der Waals surface area contributed by atoms with E-state index in [0.29, 0.717) is 28.8 Å². The van der Waals surface area contributed by atoms with Crippen LogP contribution < -0.4 is 14.8 Å². The fourth-order valence-corrected chi connectivity index (χ4v) is 2.26. The first-order chi connectivity index (χ1) is 10.1. The third-order valence-electron chi connectivity index (χ3n) is 3.26. The molecule has 0 atom stereocenters. The Labute approximate surface area is 129 Å². The molecular formula is C16H18ClNO3. The standard InChI is InChI=1S/C16H18ClNO3/c1-10-5-4-6-11(16(10)19)9-18-13-8-15(21-3)14(20-2)7-12(13)17/h4-8,18-19H,9H2,1-3H3. The number of ether oxygens (including phenoxy) is 2. The quantitative estimate of drug-likeness (QED) is 0.877. The third-order valence-corrected chi connectivity index (χ3v) is 3.58. The number of anilines is 1. The lowest BCUT2D eigenvalue weighted by Gasteiger charge is -2.14. The van der Waals surface area contributed by atoms with Crippen LogP contribution in [0.3, 0.4) is 0 Å². The van der Waals surface area contributed by atoms with Crippen molar-refractivity contribution in [3.05, 3.63) is 46.5 Å². The highest BCUT2D eigenvalue weighted by molar-refractivity contribution is 6.33. The van der Waals surface area contributed by atoms with Gasteiger partial charge in [-0.05, 0) is 12.5 Å². The Morgan fingerprint density at radius 1 is 1.14 bits per heavy atom. The lowest BCUT2D eigenvalue weighted by Crippen LogP contribution is -2.02. The number of halogens is 1. The molecule has 0 aromatic heterocycles. The predicted octanol–water partition coefficient (Wildman–Crippen LogP) is 3.98. The van der Waals surface area contributed by atoms with Gasteiger partial charge in [0.05, 0.1) is 24.9 Å². The summed E-state index contributed by atoms with van der Waals surface area (Å²) in [4.78, 5) is 0. The number of aryl methyl sites for hydroxylation is 1. The van der Waals surface area contributed by atoms with E-state index in [1.165, 1.54) is 0 Å². The van der Waals surface area contributed by atoms with E-state index < -0.39 is 0 Å². The average Bonchev–Trinajstić information content (AvgIpc) is 2.49. The number of phenolic OH excluding ortho intramolecular Hbond substituents is 1. The zero-order valence-electron chi connectivity index (χ0n) is 12.2. The second-order valence-electron chi connectivity index (χ2n) is 4.62. The molecule has 4 nitrogen and oxygen atoms in total. The lowest BCUT2D eigenvalue weighted by atomic mass is 10.1. The van der Waals surface area contributed by atoms with Crippen LogP contribution in [0.1, 0.15) is 11.1 Å². The van der Waals surface area contributed by atoms with E-state index in [1.54, 1.807) is 26.4 Å². The lowest BCUT2D eigenvalue weighted by molar-refractivity contribution is 0.355. The van der Waals surface area contributed by atoms with Gasteiger partial charge < -0.3 is 19.9 Å². The summed E-state index contributed by atoms with van der Waals surface area (Å²) in [5, 5.41) is 13.7. The Bertz CT molecular complexity index is 644. The Morgan fingerprint density at radius 3 is 2.48 bits per heavy atom. The summed E-state index contributed by atoms with van der Waals surface area (Å²) in [6.45, 7) is 2.32. The number of hydrogen-bond donors (Lipinski definition) is 2. The fourth-order valence-electron chi connectivity index (χ4n) is 2.04. The van der Waals surface area contributed by atoms with Crippen LogP contribution in [0.2, 0.25) is 5.02 Å². The molecule has 2 aromatic carbocycles. The molecule has 0 radical (unpaired) electrons. The van der Waals surface area contributed by atoms with E-state index in [9.17, 15) is 5.11 Å². The second kappa shape index (κ2) is 6.59. The molecule has 0 spiro atoms. The van der Waals surface area contributed by atoms with Crippen molar-refractivity contribution in [1.82, 2.24) is 0 Å². The number of para-hydroxylation sites is 1. The van der Waals surface area contributed by atoms with Crippen LogP contribution in [0.5, 0.6) is 17.2 Å². The highest BCUT2D eigenvalue weighted by atomic mass is 35.5. The van der Waals surface area contributed by atoms with Gasteiger partial charge in [-0.3, -0.25) is 0 Å². The largest absolute Gasteiger partial charge is 0.507 e. The molecule has 0 bridgehead atoms. The molecule has 0 fully saturated rings. The van der Waals surface area contributed by atoms with E-state index >= 15 is 0 Å². The zero-order valence-corrected chi connectivity index (χ0v) is 13.0. The SMILES string of the molecule is COc1cc(Cl)c(NCc2cccc(C)c2O)cc1OC. The Balaban J connectivity index is 2.22. The molecule has 21 heavy (non-hydrogen) atoms. The molecule has 5 heteroatoms. The number of hydrogen-bond acceptors (Lipinski definition) is 4. The molecule has 0 aliphatic carbocycles. The van der Waals surface area contributed by atoms with Gasteiger partial charge >= 0.3 is 0 Å². The van der Waals surface area contributed by atoms with Crippen LogP contribution in [0.15, 0.2) is 30.3 Å². The summed E-state index contributed by atoms with van der Waals surface area (Å²) in [5.74, 6) is 1.46. The van der Waals surface area contributed by atoms with E-state index in [-0.39, 0.29) is 0 Å². The zero-order chi connectivity index (χ0) is 15.4. The number of methoxy groups -OCH3 is 2. The Hall–Kier alpha value is -2.07. The van der Waals surface area contributed by atoms with E-state index in [0.717, 1.165) is 16.8 Å². The minimum atomic E-state index is 0.293. The smallest absolute Gasteiger partial charge is 0.162 e. The predicted molar refractivity (Wildman–Crippen MR) is 84.7 cm³/mol. The maximum atomic E-state index is 10.0. The van der Waals surface area contributed by atoms with Crippen LogP contribution in [0, 0.1) is 6.92 Å². The summed E-state index contributed by atoms with van der Waals surface area (Å²) >= 11 is 6.21. The molecule has 0 amide bonds. The van der Waals surface area contributed by atoms with Gasteiger partial charge in [0.25, 0.3) is 0 Å². The fraction of sp³-hybridized carbons (Fsp3) is 0.250. The monoisotopic (exact) mass is 307 g/mol. The maximum Gasteiger partial charge on any atom is 0.162 e. The molecule has 0 saturated heterocycles. The molecule has 112 valence electrons. The summed E-state index contributed by atoms with van der Waals surface area (Å²) in [7, 11) is 3.13. The van der Waals surface area contributed by atoms with Crippen molar-refractivity contribution >= 4 is 17.3 Å². The van der Waals surface area contributed by atoms with Crippen molar-refractivity contribution in [1.29, 1.82) is 0 Å². The minimum absolute atomic E-state index is 0.293. The van der Waals surface area contributed by atoms with Gasteiger partial charge in [0.15, 0.2) is 11.5 Å². The summed E-state index contributed by atoms with van der Waals surface area (Å²) in [6, 6.07) is 9.10. The van der Waals surface area contributed by atoms with Gasteiger partial charge in [0, 0.05) is 24.2 Å². The van der Waals surface area contributed by atoms with Gasteiger partial charge in [-0.2, -0.15) is 0 Å². The van der Waals surface area contributed by atoms with E-state index in [2.05, 4.69) is 5.32 Å². The molecule has 0 unspecified atom stereocenters. The highest BCUT2D eigenvalue weighted by Crippen LogP contribution is 2.36. The molecule has 0 aliphatic heterocycles. The molecule has 2 aromatic rings. The first-order valence-corrected chi connectivity index (χ1v) is 6.87. The van der Waals surface area contributed by atoms with Crippen molar-refractivity contribution in [2.45, 2.75) is 13.5 Å².